The predicted octanol–water partition coefficient (Wildman–Crippen LogP) is 2.77. The molecule has 3 nitrogen and oxygen atoms in total. The molecule has 0 radical (unpaired) electrons. The van der Waals surface area contributed by atoms with Gasteiger partial charge >= 0.3 is 0 Å². The monoisotopic (exact) mass is 260 g/mol. The molecule has 3 atom stereocenters. The Morgan fingerprint density at radius 2 is 2.11 bits per heavy atom. The van der Waals surface area contributed by atoms with Crippen LogP contribution in [-0.4, -0.2) is 11.9 Å². The van der Waals surface area contributed by atoms with Crippen molar-refractivity contribution in [2.45, 2.75) is 51.1 Å². The number of carbonyl (C=O) groups is 1. The number of rotatable bonds is 5. The van der Waals surface area contributed by atoms with Crippen molar-refractivity contribution in [1.82, 2.24) is 5.32 Å². The summed E-state index contributed by atoms with van der Waals surface area (Å²) in [6, 6.07) is 10.3. The molecular weight excluding hydrogens is 236 g/mol. The minimum atomic E-state index is -0.0482. The Kier molecular flexibility index (Phi) is 4.97. The smallest absolute Gasteiger partial charge is 0.220 e. The number of hydrogen-bond donors (Lipinski definition) is 2. The number of benzene rings is 1. The van der Waals surface area contributed by atoms with Gasteiger partial charge in [-0.1, -0.05) is 43.7 Å². The molecule has 2 rings (SSSR count). The van der Waals surface area contributed by atoms with E-state index in [0.717, 1.165) is 12.0 Å². The fraction of sp³-hybridized carbons (Fsp3) is 0.562. The van der Waals surface area contributed by atoms with Crippen molar-refractivity contribution < 1.29 is 4.79 Å². The molecule has 1 aromatic rings. The minimum absolute atomic E-state index is 0.0482. The summed E-state index contributed by atoms with van der Waals surface area (Å²) in [4.78, 5) is 11.9. The third kappa shape index (κ3) is 4.06. The predicted molar refractivity (Wildman–Crippen MR) is 77.6 cm³/mol. The summed E-state index contributed by atoms with van der Waals surface area (Å²) in [5.74, 6) is 0.761. The molecule has 0 bridgehead atoms. The van der Waals surface area contributed by atoms with Gasteiger partial charge in [0.2, 0.25) is 5.91 Å². The molecule has 1 amide bonds. The van der Waals surface area contributed by atoms with E-state index in [1.165, 1.54) is 12.8 Å². The lowest BCUT2D eigenvalue weighted by molar-refractivity contribution is -0.122. The largest absolute Gasteiger partial charge is 0.353 e. The van der Waals surface area contributed by atoms with Gasteiger partial charge in [-0.2, -0.15) is 0 Å². The van der Waals surface area contributed by atoms with Crippen LogP contribution in [-0.2, 0) is 4.79 Å². The molecule has 0 aromatic heterocycles. The number of carbonyl (C=O) groups excluding carboxylic acids is 1. The molecule has 0 saturated heterocycles. The molecule has 3 unspecified atom stereocenters. The Morgan fingerprint density at radius 3 is 2.74 bits per heavy atom. The van der Waals surface area contributed by atoms with E-state index < -0.39 is 0 Å². The fourth-order valence-electron chi connectivity index (χ4n) is 2.79. The van der Waals surface area contributed by atoms with Crippen LogP contribution in [0.5, 0.6) is 0 Å². The Hall–Kier alpha value is -1.35. The number of nitrogens with one attached hydrogen (secondary N) is 1. The van der Waals surface area contributed by atoms with Crippen molar-refractivity contribution >= 4 is 5.91 Å². The Morgan fingerprint density at radius 1 is 1.37 bits per heavy atom. The topological polar surface area (TPSA) is 55.1 Å². The minimum Gasteiger partial charge on any atom is -0.353 e. The van der Waals surface area contributed by atoms with Gasteiger partial charge in [-0.3, -0.25) is 4.79 Å². The first kappa shape index (κ1) is 14.1. The first-order chi connectivity index (χ1) is 9.16. The molecule has 1 aliphatic carbocycles. The highest BCUT2D eigenvalue weighted by Crippen LogP contribution is 2.25. The lowest BCUT2D eigenvalue weighted by Gasteiger charge is -2.18. The van der Waals surface area contributed by atoms with Crippen LogP contribution in [0.2, 0.25) is 0 Å². The summed E-state index contributed by atoms with van der Waals surface area (Å²) < 4.78 is 0. The quantitative estimate of drug-likeness (QED) is 0.855. The summed E-state index contributed by atoms with van der Waals surface area (Å²) in [5, 5.41) is 3.14. The van der Waals surface area contributed by atoms with Crippen LogP contribution in [0.4, 0.5) is 0 Å². The van der Waals surface area contributed by atoms with Crippen LogP contribution in [0.15, 0.2) is 30.3 Å². The van der Waals surface area contributed by atoms with E-state index in [1.54, 1.807) is 0 Å². The van der Waals surface area contributed by atoms with Gasteiger partial charge in [0, 0.05) is 18.5 Å². The Bertz CT molecular complexity index is 404. The average Bonchev–Trinajstić information content (AvgIpc) is 2.82. The third-order valence-corrected chi connectivity index (χ3v) is 4.12. The lowest BCUT2D eigenvalue weighted by Crippen LogP contribution is -2.36. The van der Waals surface area contributed by atoms with Crippen molar-refractivity contribution in [3.63, 3.8) is 0 Å². The summed E-state index contributed by atoms with van der Waals surface area (Å²) in [7, 11) is 0. The zero-order valence-electron chi connectivity index (χ0n) is 11.6. The molecule has 0 aliphatic heterocycles. The number of amides is 1. The second kappa shape index (κ2) is 6.71. The zero-order valence-corrected chi connectivity index (χ0v) is 11.6. The van der Waals surface area contributed by atoms with Gasteiger partial charge in [-0.05, 0) is 30.7 Å². The van der Waals surface area contributed by atoms with Crippen LogP contribution in [0.3, 0.4) is 0 Å². The molecule has 19 heavy (non-hydrogen) atoms. The van der Waals surface area contributed by atoms with Crippen LogP contribution in [0.1, 0.15) is 50.6 Å². The second-order valence-electron chi connectivity index (χ2n) is 5.64. The van der Waals surface area contributed by atoms with Gasteiger partial charge in [0.1, 0.15) is 0 Å². The van der Waals surface area contributed by atoms with E-state index in [4.69, 9.17) is 5.73 Å². The molecule has 104 valence electrons. The van der Waals surface area contributed by atoms with E-state index in [0.29, 0.717) is 24.8 Å². The molecule has 1 fully saturated rings. The maximum atomic E-state index is 11.9. The van der Waals surface area contributed by atoms with Crippen molar-refractivity contribution in [3.05, 3.63) is 35.9 Å². The molecule has 1 aliphatic rings. The van der Waals surface area contributed by atoms with Crippen LogP contribution >= 0.6 is 0 Å². The Balaban J connectivity index is 1.74. The third-order valence-electron chi connectivity index (χ3n) is 4.12. The van der Waals surface area contributed by atoms with E-state index >= 15 is 0 Å². The molecule has 1 saturated carbocycles. The molecule has 3 heteroatoms. The standard InChI is InChI=1S/C16H24N2O/c1-12-6-5-9-15(12)18-16(19)11-10-14(17)13-7-3-2-4-8-13/h2-4,7-8,12,14-15H,5-6,9-11,17H2,1H3,(H,18,19). The molecular formula is C16H24N2O. The van der Waals surface area contributed by atoms with Crippen LogP contribution in [0.25, 0.3) is 0 Å². The first-order valence-corrected chi connectivity index (χ1v) is 7.26. The van der Waals surface area contributed by atoms with Crippen molar-refractivity contribution in [2.75, 3.05) is 0 Å². The van der Waals surface area contributed by atoms with Gasteiger partial charge in [0.15, 0.2) is 0 Å². The molecule has 0 heterocycles. The summed E-state index contributed by atoms with van der Waals surface area (Å²) in [6.07, 6.45) is 4.80. The van der Waals surface area contributed by atoms with Gasteiger partial charge in [-0.15, -0.1) is 0 Å². The van der Waals surface area contributed by atoms with E-state index in [1.807, 2.05) is 30.3 Å². The lowest BCUT2D eigenvalue weighted by atomic mass is 10.0. The SMILES string of the molecule is CC1CCCC1NC(=O)CCC(N)c1ccccc1. The highest BCUT2D eigenvalue weighted by molar-refractivity contribution is 5.76. The maximum Gasteiger partial charge on any atom is 0.220 e. The summed E-state index contributed by atoms with van der Waals surface area (Å²) >= 11 is 0. The van der Waals surface area contributed by atoms with E-state index in [9.17, 15) is 4.79 Å². The highest BCUT2D eigenvalue weighted by Gasteiger charge is 2.24. The van der Waals surface area contributed by atoms with Crippen LogP contribution < -0.4 is 11.1 Å². The van der Waals surface area contributed by atoms with Gasteiger partial charge in [-0.25, -0.2) is 0 Å². The molecule has 0 spiro atoms. The maximum absolute atomic E-state index is 11.9. The second-order valence-corrected chi connectivity index (χ2v) is 5.64. The van der Waals surface area contributed by atoms with Gasteiger partial charge in [0.05, 0.1) is 0 Å². The van der Waals surface area contributed by atoms with Crippen molar-refractivity contribution in [3.8, 4) is 0 Å². The summed E-state index contributed by atoms with van der Waals surface area (Å²) in [6.45, 7) is 2.22. The van der Waals surface area contributed by atoms with Crippen LogP contribution in [0, 0.1) is 5.92 Å². The van der Waals surface area contributed by atoms with Gasteiger partial charge < -0.3 is 11.1 Å². The van der Waals surface area contributed by atoms with E-state index in [-0.39, 0.29) is 11.9 Å². The van der Waals surface area contributed by atoms with Crippen molar-refractivity contribution in [1.29, 1.82) is 0 Å². The zero-order chi connectivity index (χ0) is 13.7. The Labute approximate surface area is 115 Å². The fourth-order valence-corrected chi connectivity index (χ4v) is 2.79. The van der Waals surface area contributed by atoms with E-state index in [2.05, 4.69) is 12.2 Å². The molecule has 3 N–H and O–H groups in total. The highest BCUT2D eigenvalue weighted by atomic mass is 16.1. The van der Waals surface area contributed by atoms with Crippen molar-refractivity contribution in [2.24, 2.45) is 11.7 Å². The normalized spacial score (nSPS) is 24.1. The number of nitrogens with two attached hydrogens (primary N) is 1. The first-order valence-electron chi connectivity index (χ1n) is 7.26. The molecule has 1 aromatic carbocycles. The summed E-state index contributed by atoms with van der Waals surface area (Å²) in [5.41, 5.74) is 7.20. The number of hydrogen-bond acceptors (Lipinski definition) is 2. The average molecular weight is 260 g/mol. The van der Waals surface area contributed by atoms with Gasteiger partial charge in [0.25, 0.3) is 0 Å².